The molecular formula is C17H25N3S. The van der Waals surface area contributed by atoms with E-state index in [1.54, 1.807) is 18.1 Å². The van der Waals surface area contributed by atoms with Crippen LogP contribution in [0.2, 0.25) is 0 Å². The van der Waals surface area contributed by atoms with E-state index in [1.165, 1.54) is 25.7 Å². The van der Waals surface area contributed by atoms with Crippen LogP contribution in [-0.4, -0.2) is 28.3 Å². The molecule has 0 spiro atoms. The van der Waals surface area contributed by atoms with E-state index in [9.17, 15) is 0 Å². The fraction of sp³-hybridized carbons (Fsp3) is 0.529. The summed E-state index contributed by atoms with van der Waals surface area (Å²) < 4.78 is 0. The lowest BCUT2D eigenvalue weighted by Gasteiger charge is -2.13. The van der Waals surface area contributed by atoms with Crippen molar-refractivity contribution in [3.63, 3.8) is 0 Å². The highest BCUT2D eigenvalue weighted by Gasteiger charge is 2.04. The molecule has 21 heavy (non-hydrogen) atoms. The van der Waals surface area contributed by atoms with Crippen molar-refractivity contribution in [1.29, 1.82) is 0 Å². The SMILES string of the molecule is CCCCCC(C)NCCSc1ncnc2ccccc12. The van der Waals surface area contributed by atoms with Crippen molar-refractivity contribution in [2.75, 3.05) is 12.3 Å². The molecule has 0 bridgehead atoms. The van der Waals surface area contributed by atoms with Crippen LogP contribution < -0.4 is 5.32 Å². The van der Waals surface area contributed by atoms with Crippen LogP contribution in [-0.2, 0) is 0 Å². The topological polar surface area (TPSA) is 37.8 Å². The summed E-state index contributed by atoms with van der Waals surface area (Å²) >= 11 is 1.81. The van der Waals surface area contributed by atoms with Gasteiger partial charge in [-0.3, -0.25) is 0 Å². The number of fused-ring (bicyclic) bond motifs is 1. The van der Waals surface area contributed by atoms with Gasteiger partial charge in [-0.15, -0.1) is 11.8 Å². The normalized spacial score (nSPS) is 12.7. The van der Waals surface area contributed by atoms with Gasteiger partial charge in [-0.05, 0) is 19.4 Å². The molecule has 0 saturated carbocycles. The number of thioether (sulfide) groups is 1. The van der Waals surface area contributed by atoms with Crippen LogP contribution in [0.15, 0.2) is 35.6 Å². The summed E-state index contributed by atoms with van der Waals surface area (Å²) in [5.41, 5.74) is 1.02. The summed E-state index contributed by atoms with van der Waals surface area (Å²) in [7, 11) is 0. The van der Waals surface area contributed by atoms with Crippen molar-refractivity contribution in [1.82, 2.24) is 15.3 Å². The predicted molar refractivity (Wildman–Crippen MR) is 91.9 cm³/mol. The van der Waals surface area contributed by atoms with Crippen LogP contribution in [0.3, 0.4) is 0 Å². The fourth-order valence-corrected chi connectivity index (χ4v) is 3.21. The summed E-state index contributed by atoms with van der Waals surface area (Å²) in [6, 6.07) is 8.81. The van der Waals surface area contributed by atoms with E-state index in [4.69, 9.17) is 0 Å². The smallest absolute Gasteiger partial charge is 0.117 e. The van der Waals surface area contributed by atoms with Crippen molar-refractivity contribution in [2.24, 2.45) is 0 Å². The van der Waals surface area contributed by atoms with Gasteiger partial charge >= 0.3 is 0 Å². The second kappa shape index (κ2) is 9.00. The van der Waals surface area contributed by atoms with Crippen molar-refractivity contribution >= 4 is 22.7 Å². The standard InChI is InChI=1S/C17H25N3S/c1-3-4-5-8-14(2)18-11-12-21-17-15-9-6-7-10-16(15)19-13-20-17/h6-7,9-10,13-14,18H,3-5,8,11-12H2,1-2H3. The quantitative estimate of drug-likeness (QED) is 0.426. The third-order valence-corrected chi connectivity index (χ3v) is 4.59. The highest BCUT2D eigenvalue weighted by molar-refractivity contribution is 7.99. The van der Waals surface area contributed by atoms with Crippen LogP contribution in [0.4, 0.5) is 0 Å². The van der Waals surface area contributed by atoms with Gasteiger partial charge in [0.05, 0.1) is 5.52 Å². The average molecular weight is 303 g/mol. The molecule has 0 aliphatic heterocycles. The van der Waals surface area contributed by atoms with Gasteiger partial charge < -0.3 is 5.32 Å². The molecule has 2 rings (SSSR count). The third-order valence-electron chi connectivity index (χ3n) is 3.58. The minimum atomic E-state index is 0.610. The zero-order valence-electron chi connectivity index (χ0n) is 13.0. The monoisotopic (exact) mass is 303 g/mol. The molecule has 0 amide bonds. The molecule has 0 fully saturated rings. The first-order valence-electron chi connectivity index (χ1n) is 7.87. The number of hydrogen-bond acceptors (Lipinski definition) is 4. The largest absolute Gasteiger partial charge is 0.313 e. The summed E-state index contributed by atoms with van der Waals surface area (Å²) in [5, 5.41) is 5.83. The predicted octanol–water partition coefficient (Wildman–Crippen LogP) is 4.28. The number of rotatable bonds is 9. The van der Waals surface area contributed by atoms with Gasteiger partial charge in [0.25, 0.3) is 0 Å². The van der Waals surface area contributed by atoms with Crippen LogP contribution in [0.5, 0.6) is 0 Å². The Morgan fingerprint density at radius 2 is 2.05 bits per heavy atom. The Bertz CT molecular complexity index is 539. The van der Waals surface area contributed by atoms with Crippen molar-refractivity contribution in [3.8, 4) is 0 Å². The summed E-state index contributed by atoms with van der Waals surface area (Å²) in [6.45, 7) is 5.55. The van der Waals surface area contributed by atoms with Gasteiger partial charge in [0.2, 0.25) is 0 Å². The van der Waals surface area contributed by atoms with Gasteiger partial charge in [-0.25, -0.2) is 9.97 Å². The number of hydrogen-bond donors (Lipinski definition) is 1. The number of aromatic nitrogens is 2. The molecule has 0 aliphatic carbocycles. The number of nitrogens with zero attached hydrogens (tertiary/aromatic N) is 2. The zero-order chi connectivity index (χ0) is 14.9. The van der Waals surface area contributed by atoms with Crippen molar-refractivity contribution < 1.29 is 0 Å². The second-order valence-electron chi connectivity index (χ2n) is 5.40. The maximum atomic E-state index is 4.41. The van der Waals surface area contributed by atoms with Gasteiger partial charge in [0.15, 0.2) is 0 Å². The Morgan fingerprint density at radius 1 is 1.19 bits per heavy atom. The Hall–Kier alpha value is -1.13. The molecule has 4 heteroatoms. The molecule has 1 heterocycles. The summed E-state index contributed by atoms with van der Waals surface area (Å²) in [6.07, 6.45) is 6.89. The molecule has 0 aliphatic rings. The molecule has 2 aromatic rings. The molecule has 1 aromatic carbocycles. The van der Waals surface area contributed by atoms with E-state index in [0.717, 1.165) is 28.2 Å². The lowest BCUT2D eigenvalue weighted by atomic mass is 10.1. The van der Waals surface area contributed by atoms with Crippen LogP contribution >= 0.6 is 11.8 Å². The van der Waals surface area contributed by atoms with Gasteiger partial charge in [0.1, 0.15) is 11.4 Å². The lowest BCUT2D eigenvalue weighted by molar-refractivity contribution is 0.502. The van der Waals surface area contributed by atoms with E-state index >= 15 is 0 Å². The number of para-hydroxylation sites is 1. The average Bonchev–Trinajstić information content (AvgIpc) is 2.52. The highest BCUT2D eigenvalue weighted by atomic mass is 32.2. The van der Waals surface area contributed by atoms with Crippen LogP contribution in [0.1, 0.15) is 39.5 Å². The molecule has 0 saturated heterocycles. The van der Waals surface area contributed by atoms with Gasteiger partial charge in [-0.2, -0.15) is 0 Å². The molecule has 1 N–H and O–H groups in total. The molecule has 114 valence electrons. The third kappa shape index (κ3) is 5.29. The molecule has 1 aromatic heterocycles. The van der Waals surface area contributed by atoms with Gasteiger partial charge in [-0.1, -0.05) is 44.4 Å². The first-order chi connectivity index (χ1) is 10.3. The Balaban J connectivity index is 1.75. The Labute approximate surface area is 132 Å². The van der Waals surface area contributed by atoms with E-state index in [2.05, 4.69) is 35.2 Å². The number of benzene rings is 1. The summed E-state index contributed by atoms with van der Waals surface area (Å²) in [5.74, 6) is 1.04. The molecular weight excluding hydrogens is 278 g/mol. The Morgan fingerprint density at radius 3 is 2.90 bits per heavy atom. The maximum absolute atomic E-state index is 4.41. The lowest BCUT2D eigenvalue weighted by Crippen LogP contribution is -2.28. The zero-order valence-corrected chi connectivity index (χ0v) is 13.8. The highest BCUT2D eigenvalue weighted by Crippen LogP contribution is 2.23. The van der Waals surface area contributed by atoms with E-state index in [0.29, 0.717) is 6.04 Å². The number of nitrogens with one attached hydrogen (secondary N) is 1. The van der Waals surface area contributed by atoms with Crippen molar-refractivity contribution in [2.45, 2.75) is 50.6 Å². The number of unbranched alkanes of at least 4 members (excludes halogenated alkanes) is 2. The fourth-order valence-electron chi connectivity index (χ4n) is 2.35. The first kappa shape index (κ1) is 16.2. The molecule has 3 nitrogen and oxygen atoms in total. The van der Waals surface area contributed by atoms with E-state index in [-0.39, 0.29) is 0 Å². The van der Waals surface area contributed by atoms with Crippen molar-refractivity contribution in [3.05, 3.63) is 30.6 Å². The van der Waals surface area contributed by atoms with Gasteiger partial charge in [0, 0.05) is 23.7 Å². The molecule has 0 radical (unpaired) electrons. The van der Waals surface area contributed by atoms with Crippen LogP contribution in [0, 0.1) is 0 Å². The molecule has 1 atom stereocenters. The first-order valence-corrected chi connectivity index (χ1v) is 8.85. The van der Waals surface area contributed by atoms with E-state index < -0.39 is 0 Å². The maximum Gasteiger partial charge on any atom is 0.117 e. The molecule has 1 unspecified atom stereocenters. The Kier molecular flexibility index (Phi) is 6.96. The minimum Gasteiger partial charge on any atom is -0.313 e. The second-order valence-corrected chi connectivity index (χ2v) is 6.48. The van der Waals surface area contributed by atoms with E-state index in [1.807, 2.05) is 18.2 Å². The minimum absolute atomic E-state index is 0.610. The summed E-state index contributed by atoms with van der Waals surface area (Å²) in [4.78, 5) is 8.71. The van der Waals surface area contributed by atoms with Crippen LogP contribution in [0.25, 0.3) is 10.9 Å².